The molecule has 1 heterocycles. The standard InChI is InChI=1S/C26H41N3O3/c1-9-26(32,10-2)11-12-28-13-14-29(23(28)27)17-21(30)18-15-19(24(3,4)5)22(31)20(16-18)25(6,7)8/h13-16,27,31-32H,9-12,17H2,1-8H3. The minimum Gasteiger partial charge on any atom is -0.507 e. The summed E-state index contributed by atoms with van der Waals surface area (Å²) in [6.45, 7) is 16.6. The number of phenols is 1. The number of carbonyl (C=O) groups is 1. The lowest BCUT2D eigenvalue weighted by Gasteiger charge is -2.28. The van der Waals surface area contributed by atoms with Gasteiger partial charge in [-0.15, -0.1) is 0 Å². The van der Waals surface area contributed by atoms with Gasteiger partial charge in [0.05, 0.1) is 12.1 Å². The molecule has 0 atom stereocenters. The molecule has 1 aromatic heterocycles. The van der Waals surface area contributed by atoms with E-state index in [1.54, 1.807) is 33.7 Å². The number of imidazole rings is 1. The summed E-state index contributed by atoms with van der Waals surface area (Å²) in [5, 5.41) is 29.9. The second-order valence-electron chi connectivity index (χ2n) is 11.0. The molecule has 2 rings (SSSR count). The third-order valence-corrected chi connectivity index (χ3v) is 6.47. The SMILES string of the molecule is CCC(O)(CC)CCn1ccn(CC(=O)c2cc(C(C)(C)C)c(O)c(C(C)(C)C)c2)c1=N. The molecule has 0 bridgehead atoms. The van der Waals surface area contributed by atoms with Crippen LogP contribution in [0.2, 0.25) is 0 Å². The highest BCUT2D eigenvalue weighted by Crippen LogP contribution is 2.39. The van der Waals surface area contributed by atoms with Gasteiger partial charge in [0.25, 0.3) is 0 Å². The van der Waals surface area contributed by atoms with E-state index in [2.05, 4.69) is 0 Å². The van der Waals surface area contributed by atoms with Gasteiger partial charge in [0, 0.05) is 35.6 Å². The highest BCUT2D eigenvalue weighted by molar-refractivity contribution is 5.96. The topological polar surface area (TPSA) is 91.2 Å². The van der Waals surface area contributed by atoms with Gasteiger partial charge < -0.3 is 19.3 Å². The van der Waals surface area contributed by atoms with Crippen molar-refractivity contribution in [2.75, 3.05) is 0 Å². The largest absolute Gasteiger partial charge is 0.507 e. The highest BCUT2D eigenvalue weighted by atomic mass is 16.3. The number of ketones is 1. The average molecular weight is 444 g/mol. The van der Waals surface area contributed by atoms with Gasteiger partial charge in [-0.3, -0.25) is 10.2 Å². The third-order valence-electron chi connectivity index (χ3n) is 6.47. The van der Waals surface area contributed by atoms with Crippen molar-refractivity contribution in [1.29, 1.82) is 5.41 Å². The fourth-order valence-corrected chi connectivity index (χ4v) is 3.89. The highest BCUT2D eigenvalue weighted by Gasteiger charge is 2.28. The van der Waals surface area contributed by atoms with Crippen LogP contribution in [-0.2, 0) is 23.9 Å². The molecule has 0 unspecified atom stereocenters. The molecule has 6 heteroatoms. The Labute approximate surface area is 192 Å². The molecular formula is C26H41N3O3. The molecule has 0 aliphatic rings. The van der Waals surface area contributed by atoms with Crippen LogP contribution in [0.5, 0.6) is 5.75 Å². The number of hydrogen-bond acceptors (Lipinski definition) is 4. The number of aryl methyl sites for hydroxylation is 1. The fraction of sp³-hybridized carbons (Fsp3) is 0.615. The van der Waals surface area contributed by atoms with Crippen LogP contribution in [0.4, 0.5) is 0 Å². The predicted octanol–water partition coefficient (Wildman–Crippen LogP) is 4.89. The maximum atomic E-state index is 13.2. The zero-order valence-electron chi connectivity index (χ0n) is 21.0. The first kappa shape index (κ1) is 25.9. The first-order valence-electron chi connectivity index (χ1n) is 11.6. The van der Waals surface area contributed by atoms with Crippen molar-refractivity contribution in [2.45, 2.75) is 104 Å². The Bertz CT molecular complexity index is 977. The second kappa shape index (κ2) is 9.26. The van der Waals surface area contributed by atoms with Gasteiger partial charge in [-0.05, 0) is 42.2 Å². The molecule has 32 heavy (non-hydrogen) atoms. The normalized spacial score (nSPS) is 12.9. The smallest absolute Gasteiger partial charge is 0.202 e. The van der Waals surface area contributed by atoms with E-state index in [0.29, 0.717) is 31.4 Å². The van der Waals surface area contributed by atoms with Crippen molar-refractivity contribution in [2.24, 2.45) is 0 Å². The van der Waals surface area contributed by atoms with Crippen molar-refractivity contribution in [3.05, 3.63) is 46.8 Å². The molecule has 0 fully saturated rings. The number of phenolic OH excluding ortho intramolecular Hbond substituents is 1. The minimum absolute atomic E-state index is 0.0512. The van der Waals surface area contributed by atoms with Crippen molar-refractivity contribution < 1.29 is 15.0 Å². The van der Waals surface area contributed by atoms with Gasteiger partial charge in [-0.1, -0.05) is 55.4 Å². The van der Waals surface area contributed by atoms with Crippen LogP contribution < -0.4 is 5.62 Å². The molecule has 0 aliphatic carbocycles. The molecule has 0 saturated carbocycles. The molecule has 0 amide bonds. The Morgan fingerprint density at radius 1 is 0.938 bits per heavy atom. The number of nitrogens with zero attached hydrogens (tertiary/aromatic N) is 2. The molecule has 0 aliphatic heterocycles. The van der Waals surface area contributed by atoms with Crippen LogP contribution in [0.3, 0.4) is 0 Å². The molecule has 178 valence electrons. The van der Waals surface area contributed by atoms with E-state index in [9.17, 15) is 15.0 Å². The Balaban J connectivity index is 2.34. The monoisotopic (exact) mass is 443 g/mol. The predicted molar refractivity (Wildman–Crippen MR) is 128 cm³/mol. The van der Waals surface area contributed by atoms with Gasteiger partial charge in [0.15, 0.2) is 5.78 Å². The molecule has 6 nitrogen and oxygen atoms in total. The zero-order valence-corrected chi connectivity index (χ0v) is 21.0. The van der Waals surface area contributed by atoms with E-state index in [1.165, 1.54) is 0 Å². The van der Waals surface area contributed by atoms with Crippen LogP contribution in [0.25, 0.3) is 0 Å². The summed E-state index contributed by atoms with van der Waals surface area (Å²) in [5.41, 5.74) is 0.929. The summed E-state index contributed by atoms with van der Waals surface area (Å²) in [7, 11) is 0. The van der Waals surface area contributed by atoms with Crippen LogP contribution in [0, 0.1) is 5.41 Å². The van der Waals surface area contributed by atoms with Crippen molar-refractivity contribution in [1.82, 2.24) is 9.13 Å². The van der Waals surface area contributed by atoms with E-state index in [-0.39, 0.29) is 34.5 Å². The number of aromatic nitrogens is 2. The van der Waals surface area contributed by atoms with E-state index in [1.807, 2.05) is 55.4 Å². The Hall–Kier alpha value is -2.34. The number of rotatable bonds is 8. The average Bonchev–Trinajstić information content (AvgIpc) is 3.04. The lowest BCUT2D eigenvalue weighted by atomic mass is 9.78. The van der Waals surface area contributed by atoms with E-state index < -0.39 is 5.60 Å². The molecule has 0 radical (unpaired) electrons. The summed E-state index contributed by atoms with van der Waals surface area (Å²) < 4.78 is 3.39. The maximum Gasteiger partial charge on any atom is 0.202 e. The van der Waals surface area contributed by atoms with Gasteiger partial charge in [-0.2, -0.15) is 0 Å². The molecule has 2 aromatic rings. The Morgan fingerprint density at radius 3 is 1.84 bits per heavy atom. The first-order chi connectivity index (χ1) is 14.6. The number of nitrogens with one attached hydrogen (secondary N) is 1. The van der Waals surface area contributed by atoms with Crippen LogP contribution in [0.1, 0.15) is 96.1 Å². The number of carbonyl (C=O) groups excluding carboxylic acids is 1. The van der Waals surface area contributed by atoms with Gasteiger partial charge in [0.2, 0.25) is 5.62 Å². The number of hydrogen-bond donors (Lipinski definition) is 3. The molecule has 3 N–H and O–H groups in total. The van der Waals surface area contributed by atoms with Crippen LogP contribution >= 0.6 is 0 Å². The summed E-state index contributed by atoms with van der Waals surface area (Å²) in [6, 6.07) is 3.58. The number of aromatic hydroxyl groups is 1. The summed E-state index contributed by atoms with van der Waals surface area (Å²) >= 11 is 0. The van der Waals surface area contributed by atoms with Crippen molar-refractivity contribution >= 4 is 5.78 Å². The first-order valence-corrected chi connectivity index (χ1v) is 11.6. The van der Waals surface area contributed by atoms with E-state index in [4.69, 9.17) is 5.41 Å². The second-order valence-corrected chi connectivity index (χ2v) is 11.0. The summed E-state index contributed by atoms with van der Waals surface area (Å²) in [5.74, 6) is 0.150. The molecule has 0 saturated heterocycles. The van der Waals surface area contributed by atoms with E-state index >= 15 is 0 Å². The van der Waals surface area contributed by atoms with Crippen molar-refractivity contribution in [3.8, 4) is 5.75 Å². The summed E-state index contributed by atoms with van der Waals surface area (Å²) in [6.07, 6.45) is 5.44. The molecule has 1 aromatic carbocycles. The third kappa shape index (κ3) is 5.71. The fourth-order valence-electron chi connectivity index (χ4n) is 3.89. The Kier molecular flexibility index (Phi) is 7.50. The number of Topliss-reactive ketones (excluding diaryl/α,β-unsaturated/α-hetero) is 1. The lowest BCUT2D eigenvalue weighted by Crippen LogP contribution is -2.32. The molecular weight excluding hydrogens is 402 g/mol. The minimum atomic E-state index is -0.726. The van der Waals surface area contributed by atoms with E-state index in [0.717, 1.165) is 11.1 Å². The van der Waals surface area contributed by atoms with Gasteiger partial charge in [0.1, 0.15) is 5.75 Å². The Morgan fingerprint density at radius 2 is 1.41 bits per heavy atom. The van der Waals surface area contributed by atoms with Gasteiger partial charge in [-0.25, -0.2) is 0 Å². The molecule has 0 spiro atoms. The van der Waals surface area contributed by atoms with Gasteiger partial charge >= 0.3 is 0 Å². The maximum absolute atomic E-state index is 13.2. The van der Waals surface area contributed by atoms with Crippen molar-refractivity contribution in [3.63, 3.8) is 0 Å². The summed E-state index contributed by atoms with van der Waals surface area (Å²) in [4.78, 5) is 13.2. The quantitative estimate of drug-likeness (QED) is 0.507. The lowest BCUT2D eigenvalue weighted by molar-refractivity contribution is 0.0192. The number of benzene rings is 1. The van der Waals surface area contributed by atoms with Crippen LogP contribution in [-0.4, -0.2) is 30.7 Å². The van der Waals surface area contributed by atoms with Crippen LogP contribution in [0.15, 0.2) is 24.5 Å². The number of aliphatic hydroxyl groups is 1. The zero-order chi connectivity index (χ0) is 24.5.